The summed E-state index contributed by atoms with van der Waals surface area (Å²) in [6.45, 7) is 0. The van der Waals surface area contributed by atoms with E-state index in [-0.39, 0.29) is 5.91 Å². The second-order valence-electron chi connectivity index (χ2n) is 5.49. The Kier molecular flexibility index (Phi) is 3.54. The molecule has 5 nitrogen and oxygen atoms in total. The van der Waals surface area contributed by atoms with Gasteiger partial charge in [0.25, 0.3) is 5.91 Å². The van der Waals surface area contributed by atoms with Gasteiger partial charge < -0.3 is 5.32 Å². The number of anilines is 1. The summed E-state index contributed by atoms with van der Waals surface area (Å²) in [6.07, 6.45) is 3.26. The van der Waals surface area contributed by atoms with Crippen LogP contribution in [-0.4, -0.2) is 16.9 Å². The summed E-state index contributed by atoms with van der Waals surface area (Å²) in [6, 6.07) is 13.7. The largest absolute Gasteiger partial charge is 0.329 e. The Morgan fingerprint density at radius 1 is 1.00 bits per heavy atom. The number of carbonyl (C=O) groups is 2. The molecule has 2 aromatic carbocycles. The van der Waals surface area contributed by atoms with E-state index >= 15 is 0 Å². The predicted octanol–water partition coefficient (Wildman–Crippen LogP) is 3.79. The van der Waals surface area contributed by atoms with E-state index in [1.165, 1.54) is 4.90 Å². The van der Waals surface area contributed by atoms with Crippen LogP contribution in [-0.2, 0) is 4.79 Å². The lowest BCUT2D eigenvalue weighted by molar-refractivity contribution is -0.118. The first-order valence-electron chi connectivity index (χ1n) is 7.38. The van der Waals surface area contributed by atoms with Crippen molar-refractivity contribution in [1.82, 2.24) is 10.3 Å². The fraction of sp³-hybridized carbons (Fsp3) is 0.0556. The first kappa shape index (κ1) is 14.8. The fourth-order valence-electron chi connectivity index (χ4n) is 2.87. The van der Waals surface area contributed by atoms with E-state index in [0.29, 0.717) is 5.69 Å². The van der Waals surface area contributed by atoms with Crippen molar-refractivity contribution in [2.75, 3.05) is 4.90 Å². The summed E-state index contributed by atoms with van der Waals surface area (Å²) in [5.41, 5.74) is 1.24. The van der Waals surface area contributed by atoms with Crippen molar-refractivity contribution in [3.8, 4) is 0 Å². The van der Waals surface area contributed by atoms with Crippen LogP contribution in [0.1, 0.15) is 11.6 Å². The van der Waals surface area contributed by atoms with E-state index in [2.05, 4.69) is 26.2 Å². The van der Waals surface area contributed by atoms with Crippen LogP contribution in [0.2, 0.25) is 0 Å². The molecule has 0 spiro atoms. The minimum atomic E-state index is -0.690. The Bertz CT molecular complexity index is 951. The minimum absolute atomic E-state index is 0.305. The van der Waals surface area contributed by atoms with Gasteiger partial charge in [-0.05, 0) is 17.7 Å². The Hall–Kier alpha value is -2.73. The number of hydrogen-bond donors (Lipinski definition) is 1. The number of urea groups is 1. The third-order valence-corrected chi connectivity index (χ3v) is 4.56. The van der Waals surface area contributed by atoms with E-state index in [1.54, 1.807) is 12.4 Å². The van der Waals surface area contributed by atoms with Crippen molar-refractivity contribution in [3.63, 3.8) is 0 Å². The van der Waals surface area contributed by atoms with Crippen molar-refractivity contribution in [3.05, 3.63) is 71.0 Å². The van der Waals surface area contributed by atoms with Crippen LogP contribution in [0.25, 0.3) is 10.8 Å². The third-order valence-electron chi connectivity index (χ3n) is 4.03. The van der Waals surface area contributed by atoms with Crippen molar-refractivity contribution in [2.45, 2.75) is 6.04 Å². The topological polar surface area (TPSA) is 62.3 Å². The van der Waals surface area contributed by atoms with E-state index in [1.807, 2.05) is 48.5 Å². The molecule has 3 amide bonds. The zero-order chi connectivity index (χ0) is 16.7. The number of carbonyl (C=O) groups excluding carboxylic acids is 2. The lowest BCUT2D eigenvalue weighted by Gasteiger charge is -2.15. The number of hydrogen-bond acceptors (Lipinski definition) is 3. The van der Waals surface area contributed by atoms with E-state index in [9.17, 15) is 9.59 Å². The molecule has 6 heteroatoms. The highest BCUT2D eigenvalue weighted by molar-refractivity contribution is 9.10. The molecule has 1 saturated heterocycles. The highest BCUT2D eigenvalue weighted by atomic mass is 79.9. The Morgan fingerprint density at radius 2 is 1.75 bits per heavy atom. The van der Waals surface area contributed by atoms with Crippen LogP contribution in [0.15, 0.2) is 65.4 Å². The predicted molar refractivity (Wildman–Crippen MR) is 94.6 cm³/mol. The lowest BCUT2D eigenvalue weighted by Crippen LogP contribution is -2.30. The number of pyridine rings is 1. The van der Waals surface area contributed by atoms with Crippen molar-refractivity contribution in [1.29, 1.82) is 0 Å². The average Bonchev–Trinajstić information content (AvgIpc) is 2.90. The summed E-state index contributed by atoms with van der Waals surface area (Å²) >= 11 is 3.37. The van der Waals surface area contributed by atoms with Gasteiger partial charge in [0, 0.05) is 21.4 Å². The summed E-state index contributed by atoms with van der Waals surface area (Å²) < 4.78 is 0.915. The number of fused-ring (bicyclic) bond motifs is 1. The molecule has 3 aromatic rings. The van der Waals surface area contributed by atoms with E-state index < -0.39 is 12.1 Å². The number of halogens is 1. The smallest absolute Gasteiger partial charge is 0.321 e. The van der Waals surface area contributed by atoms with Gasteiger partial charge in [-0.15, -0.1) is 0 Å². The summed E-state index contributed by atoms with van der Waals surface area (Å²) in [5, 5.41) is 4.44. The number of benzene rings is 2. The van der Waals surface area contributed by atoms with Crippen LogP contribution < -0.4 is 10.2 Å². The minimum Gasteiger partial charge on any atom is -0.321 e. The molecular weight excluding hydrogens is 370 g/mol. The second-order valence-corrected chi connectivity index (χ2v) is 6.40. The Morgan fingerprint density at radius 3 is 2.54 bits per heavy atom. The molecule has 1 unspecified atom stereocenters. The SMILES string of the molecule is O=C1NC(c2ccc(Br)cc2)C(=O)N1c1cncc2ccccc12. The highest BCUT2D eigenvalue weighted by Gasteiger charge is 2.40. The van der Waals surface area contributed by atoms with Gasteiger partial charge in [0.2, 0.25) is 0 Å². The number of aromatic nitrogens is 1. The van der Waals surface area contributed by atoms with Crippen LogP contribution in [0.5, 0.6) is 0 Å². The maximum atomic E-state index is 12.8. The summed E-state index contributed by atoms with van der Waals surface area (Å²) in [5.74, 6) is -0.305. The number of amides is 3. The molecule has 2 heterocycles. The first-order valence-corrected chi connectivity index (χ1v) is 8.17. The van der Waals surface area contributed by atoms with E-state index in [4.69, 9.17) is 0 Å². The van der Waals surface area contributed by atoms with Gasteiger partial charge >= 0.3 is 6.03 Å². The zero-order valence-corrected chi connectivity index (χ0v) is 14.0. The highest BCUT2D eigenvalue weighted by Crippen LogP contribution is 2.31. The average molecular weight is 382 g/mol. The summed E-state index contributed by atoms with van der Waals surface area (Å²) in [4.78, 5) is 30.6. The molecule has 0 radical (unpaired) electrons. The van der Waals surface area contributed by atoms with Crippen molar-refractivity contribution >= 4 is 44.3 Å². The molecule has 0 bridgehead atoms. The maximum absolute atomic E-state index is 12.8. The second kappa shape index (κ2) is 5.72. The van der Waals surface area contributed by atoms with Gasteiger partial charge in [-0.1, -0.05) is 52.3 Å². The first-order chi connectivity index (χ1) is 11.6. The molecule has 1 aliphatic rings. The van der Waals surface area contributed by atoms with Crippen molar-refractivity contribution in [2.24, 2.45) is 0 Å². The number of nitrogens with zero attached hydrogens (tertiary/aromatic N) is 2. The van der Waals surface area contributed by atoms with Gasteiger partial charge in [-0.3, -0.25) is 9.78 Å². The maximum Gasteiger partial charge on any atom is 0.329 e. The molecule has 0 aliphatic carbocycles. The van der Waals surface area contributed by atoms with Crippen LogP contribution in [0.3, 0.4) is 0 Å². The lowest BCUT2D eigenvalue weighted by atomic mass is 10.1. The molecule has 1 aromatic heterocycles. The van der Waals surface area contributed by atoms with Gasteiger partial charge in [0.05, 0.1) is 11.9 Å². The number of rotatable bonds is 2. The number of imide groups is 1. The third kappa shape index (κ3) is 2.35. The molecule has 0 saturated carbocycles. The Labute approximate surface area is 146 Å². The normalized spacial score (nSPS) is 17.4. The quantitative estimate of drug-likeness (QED) is 0.686. The van der Waals surface area contributed by atoms with Crippen LogP contribution >= 0.6 is 15.9 Å². The van der Waals surface area contributed by atoms with Gasteiger partial charge in [0.15, 0.2) is 0 Å². The molecule has 1 N–H and O–H groups in total. The molecular formula is C18H12BrN3O2. The number of nitrogens with one attached hydrogen (secondary N) is 1. The fourth-order valence-corrected chi connectivity index (χ4v) is 3.13. The van der Waals surface area contributed by atoms with Gasteiger partial charge in [-0.25, -0.2) is 9.69 Å². The molecule has 1 atom stereocenters. The molecule has 1 fully saturated rings. The van der Waals surface area contributed by atoms with Crippen LogP contribution in [0.4, 0.5) is 10.5 Å². The monoisotopic (exact) mass is 381 g/mol. The van der Waals surface area contributed by atoms with Gasteiger partial charge in [0.1, 0.15) is 6.04 Å². The van der Waals surface area contributed by atoms with Crippen LogP contribution in [0, 0.1) is 0 Å². The zero-order valence-electron chi connectivity index (χ0n) is 12.4. The van der Waals surface area contributed by atoms with E-state index in [0.717, 1.165) is 20.8 Å². The van der Waals surface area contributed by atoms with Crippen molar-refractivity contribution < 1.29 is 9.59 Å². The molecule has 1 aliphatic heterocycles. The standard InChI is InChI=1S/C18H12BrN3O2/c19-13-7-5-11(6-8-13)16-17(23)22(18(24)21-16)15-10-20-9-12-3-1-2-4-14(12)15/h1-10,16H,(H,21,24). The molecule has 4 rings (SSSR count). The van der Waals surface area contributed by atoms with Gasteiger partial charge in [-0.2, -0.15) is 0 Å². The molecule has 118 valence electrons. The Balaban J connectivity index is 1.77. The summed E-state index contributed by atoms with van der Waals surface area (Å²) in [7, 11) is 0. The molecule has 24 heavy (non-hydrogen) atoms.